The quantitative estimate of drug-likeness (QED) is 0.663. The molecule has 28 heavy (non-hydrogen) atoms. The zero-order chi connectivity index (χ0) is 19.5. The molecule has 0 unspecified atom stereocenters. The molecule has 2 aromatic carbocycles. The van der Waals surface area contributed by atoms with E-state index in [2.05, 4.69) is 17.2 Å². The van der Waals surface area contributed by atoms with Crippen molar-refractivity contribution in [2.75, 3.05) is 13.1 Å². The molecule has 0 aliphatic carbocycles. The lowest BCUT2D eigenvalue weighted by molar-refractivity contribution is -0.145. The molecule has 0 radical (unpaired) electrons. The molecule has 3 aromatic rings. The van der Waals surface area contributed by atoms with E-state index in [-0.39, 0.29) is 12.0 Å². The number of ether oxygens (including phenoxy) is 1. The zero-order valence-electron chi connectivity index (χ0n) is 16.3. The molecule has 0 bridgehead atoms. The van der Waals surface area contributed by atoms with Crippen LogP contribution in [0.25, 0.3) is 5.69 Å². The average molecular weight is 375 g/mol. The summed E-state index contributed by atoms with van der Waals surface area (Å²) in [6.07, 6.45) is 0.508. The Labute approximate surface area is 165 Å². The van der Waals surface area contributed by atoms with Gasteiger partial charge in [0.15, 0.2) is 0 Å². The summed E-state index contributed by atoms with van der Waals surface area (Å²) in [5.41, 5.74) is 5.12. The number of aryl methyl sites for hydroxylation is 1. The molecule has 5 nitrogen and oxygen atoms in total. The first-order valence-corrected chi connectivity index (χ1v) is 9.65. The summed E-state index contributed by atoms with van der Waals surface area (Å²) in [6, 6.07) is 20.1. The van der Waals surface area contributed by atoms with E-state index < -0.39 is 0 Å². The van der Waals surface area contributed by atoms with E-state index in [1.165, 1.54) is 0 Å². The Balaban J connectivity index is 1.33. The van der Waals surface area contributed by atoms with Gasteiger partial charge in [-0.25, -0.2) is 4.68 Å². The molecule has 1 aliphatic heterocycles. The van der Waals surface area contributed by atoms with Crippen molar-refractivity contribution in [1.82, 2.24) is 14.7 Å². The van der Waals surface area contributed by atoms with Crippen molar-refractivity contribution < 1.29 is 9.53 Å². The first-order valence-electron chi connectivity index (χ1n) is 9.65. The number of rotatable bonds is 6. The summed E-state index contributed by atoms with van der Waals surface area (Å²) in [6.45, 7) is 5.91. The van der Waals surface area contributed by atoms with Gasteiger partial charge in [-0.1, -0.05) is 48.5 Å². The fraction of sp³-hybridized carbons (Fsp3) is 0.304. The Bertz CT molecular complexity index is 945. The van der Waals surface area contributed by atoms with Crippen LogP contribution in [-0.4, -0.2) is 39.8 Å². The second kappa shape index (κ2) is 7.98. The van der Waals surface area contributed by atoms with E-state index in [1.54, 1.807) is 0 Å². The van der Waals surface area contributed by atoms with Gasteiger partial charge in [0.2, 0.25) is 5.91 Å². The Morgan fingerprint density at radius 3 is 2.36 bits per heavy atom. The van der Waals surface area contributed by atoms with Crippen LogP contribution in [0, 0.1) is 13.8 Å². The summed E-state index contributed by atoms with van der Waals surface area (Å²) in [7, 11) is 0. The van der Waals surface area contributed by atoms with Gasteiger partial charge in [0.25, 0.3) is 0 Å². The smallest absolute Gasteiger partial charge is 0.227 e. The fourth-order valence-electron chi connectivity index (χ4n) is 3.55. The number of carbonyl (C=O) groups is 1. The van der Waals surface area contributed by atoms with Crippen LogP contribution in [0.2, 0.25) is 0 Å². The Hall–Kier alpha value is -2.92. The molecule has 2 heterocycles. The molecule has 0 saturated carbocycles. The average Bonchev–Trinajstić information content (AvgIpc) is 2.96. The maximum atomic E-state index is 12.7. The Kier molecular flexibility index (Phi) is 5.26. The van der Waals surface area contributed by atoms with Crippen LogP contribution in [0.3, 0.4) is 0 Å². The molecule has 1 amide bonds. The van der Waals surface area contributed by atoms with Gasteiger partial charge in [-0.15, -0.1) is 0 Å². The summed E-state index contributed by atoms with van der Waals surface area (Å²) in [5.74, 6) is 0.137. The van der Waals surface area contributed by atoms with E-state index in [0.29, 0.717) is 26.1 Å². The molecular weight excluding hydrogens is 350 g/mol. The van der Waals surface area contributed by atoms with Crippen LogP contribution >= 0.6 is 0 Å². The van der Waals surface area contributed by atoms with E-state index in [1.807, 2.05) is 72.0 Å². The minimum atomic E-state index is 0.124. The van der Waals surface area contributed by atoms with E-state index in [9.17, 15) is 4.79 Å². The van der Waals surface area contributed by atoms with Crippen molar-refractivity contribution in [3.63, 3.8) is 0 Å². The summed E-state index contributed by atoms with van der Waals surface area (Å²) in [4.78, 5) is 14.6. The standard InChI is InChI=1S/C23H25N3O2/c1-17-22(18(2)26(24-17)20-11-7-4-8-12-20)13-23(27)25-14-21(15-25)28-16-19-9-5-3-6-10-19/h3-12,21H,13-16H2,1-2H3. The topological polar surface area (TPSA) is 47.4 Å². The van der Waals surface area contributed by atoms with Crippen molar-refractivity contribution in [2.24, 2.45) is 0 Å². The van der Waals surface area contributed by atoms with Gasteiger partial charge in [0, 0.05) is 24.3 Å². The highest BCUT2D eigenvalue weighted by Crippen LogP contribution is 2.21. The number of likely N-dealkylation sites (tertiary alicyclic amines) is 1. The van der Waals surface area contributed by atoms with Crippen LogP contribution in [-0.2, 0) is 22.6 Å². The van der Waals surface area contributed by atoms with E-state index in [0.717, 1.165) is 28.2 Å². The fourth-order valence-corrected chi connectivity index (χ4v) is 3.55. The number of para-hydroxylation sites is 1. The molecule has 144 valence electrons. The van der Waals surface area contributed by atoms with Crippen molar-refractivity contribution in [3.05, 3.63) is 83.2 Å². The third kappa shape index (κ3) is 3.85. The lowest BCUT2D eigenvalue weighted by atomic mass is 10.1. The van der Waals surface area contributed by atoms with Gasteiger partial charge in [0.05, 0.1) is 30.5 Å². The molecule has 0 spiro atoms. The molecule has 5 heteroatoms. The minimum absolute atomic E-state index is 0.124. The zero-order valence-corrected chi connectivity index (χ0v) is 16.3. The monoisotopic (exact) mass is 375 g/mol. The van der Waals surface area contributed by atoms with Crippen LogP contribution in [0.4, 0.5) is 0 Å². The van der Waals surface area contributed by atoms with Crippen molar-refractivity contribution in [2.45, 2.75) is 33.0 Å². The first kappa shape index (κ1) is 18.4. The summed E-state index contributed by atoms with van der Waals surface area (Å²) in [5, 5.41) is 4.64. The predicted molar refractivity (Wildman–Crippen MR) is 108 cm³/mol. The highest BCUT2D eigenvalue weighted by atomic mass is 16.5. The van der Waals surface area contributed by atoms with Crippen LogP contribution < -0.4 is 0 Å². The molecular formula is C23H25N3O2. The molecule has 4 rings (SSSR count). The number of carbonyl (C=O) groups excluding carboxylic acids is 1. The third-order valence-electron chi connectivity index (χ3n) is 5.30. The molecule has 0 atom stereocenters. The van der Waals surface area contributed by atoms with Crippen molar-refractivity contribution in [3.8, 4) is 5.69 Å². The molecule has 1 aliphatic rings. The number of hydrogen-bond acceptors (Lipinski definition) is 3. The van der Waals surface area contributed by atoms with Gasteiger partial charge < -0.3 is 9.64 Å². The van der Waals surface area contributed by atoms with Gasteiger partial charge in [-0.2, -0.15) is 5.10 Å². The number of amides is 1. The van der Waals surface area contributed by atoms with E-state index >= 15 is 0 Å². The largest absolute Gasteiger partial charge is 0.370 e. The summed E-state index contributed by atoms with van der Waals surface area (Å²) < 4.78 is 7.81. The second-order valence-electron chi connectivity index (χ2n) is 7.29. The van der Waals surface area contributed by atoms with Crippen LogP contribution in [0.15, 0.2) is 60.7 Å². The SMILES string of the molecule is Cc1nn(-c2ccccc2)c(C)c1CC(=O)N1CC(OCc2ccccc2)C1. The minimum Gasteiger partial charge on any atom is -0.370 e. The van der Waals surface area contributed by atoms with Gasteiger partial charge in [0.1, 0.15) is 0 Å². The molecule has 1 fully saturated rings. The van der Waals surface area contributed by atoms with Crippen LogP contribution in [0.5, 0.6) is 0 Å². The third-order valence-corrected chi connectivity index (χ3v) is 5.30. The molecule has 1 saturated heterocycles. The first-order chi connectivity index (χ1) is 13.6. The normalized spacial score (nSPS) is 14.1. The van der Waals surface area contributed by atoms with Crippen molar-refractivity contribution in [1.29, 1.82) is 0 Å². The molecule has 0 N–H and O–H groups in total. The van der Waals surface area contributed by atoms with Gasteiger partial charge in [-0.05, 0) is 31.5 Å². The van der Waals surface area contributed by atoms with Gasteiger partial charge >= 0.3 is 0 Å². The lowest BCUT2D eigenvalue weighted by Crippen LogP contribution is -2.55. The van der Waals surface area contributed by atoms with Crippen LogP contribution in [0.1, 0.15) is 22.5 Å². The highest BCUT2D eigenvalue weighted by molar-refractivity contribution is 5.80. The Morgan fingerprint density at radius 1 is 1.04 bits per heavy atom. The van der Waals surface area contributed by atoms with Gasteiger partial charge in [-0.3, -0.25) is 4.79 Å². The number of nitrogens with zero attached hydrogens (tertiary/aromatic N) is 3. The highest BCUT2D eigenvalue weighted by Gasteiger charge is 2.32. The molecule has 1 aromatic heterocycles. The predicted octanol–water partition coefficient (Wildman–Crippen LogP) is 3.46. The van der Waals surface area contributed by atoms with Crippen molar-refractivity contribution >= 4 is 5.91 Å². The van der Waals surface area contributed by atoms with E-state index in [4.69, 9.17) is 4.74 Å². The lowest BCUT2D eigenvalue weighted by Gasteiger charge is -2.39. The maximum Gasteiger partial charge on any atom is 0.227 e. The number of aromatic nitrogens is 2. The number of hydrogen-bond donors (Lipinski definition) is 0. The second-order valence-corrected chi connectivity index (χ2v) is 7.29. The maximum absolute atomic E-state index is 12.7. The number of benzene rings is 2. The Morgan fingerprint density at radius 2 is 1.68 bits per heavy atom. The summed E-state index contributed by atoms with van der Waals surface area (Å²) >= 11 is 0.